The summed E-state index contributed by atoms with van der Waals surface area (Å²) in [6, 6.07) is 10.6. The van der Waals surface area contributed by atoms with E-state index < -0.39 is 10.0 Å². The van der Waals surface area contributed by atoms with Crippen molar-refractivity contribution in [2.24, 2.45) is 0 Å². The molecule has 0 atom stereocenters. The predicted octanol–water partition coefficient (Wildman–Crippen LogP) is 2.93. The van der Waals surface area contributed by atoms with Crippen molar-refractivity contribution in [1.82, 2.24) is 4.72 Å². The first-order chi connectivity index (χ1) is 9.42. The SMILES string of the molecule is CCOc1ccc2cc(S(=O)(=O)NC(C)C)ccc2c1. The summed E-state index contributed by atoms with van der Waals surface area (Å²) >= 11 is 0. The first-order valence-electron chi connectivity index (χ1n) is 6.61. The van der Waals surface area contributed by atoms with Crippen LogP contribution in [0.1, 0.15) is 20.8 Å². The molecule has 0 unspecified atom stereocenters. The summed E-state index contributed by atoms with van der Waals surface area (Å²) in [7, 11) is -3.45. The standard InChI is InChI=1S/C15H19NO3S/c1-4-19-14-7-5-13-10-15(8-6-12(13)9-14)20(17,18)16-11(2)3/h5-11,16H,4H2,1-3H3. The Morgan fingerprint density at radius 2 is 1.75 bits per heavy atom. The van der Waals surface area contributed by atoms with Crippen molar-refractivity contribution in [3.8, 4) is 5.75 Å². The molecule has 0 saturated heterocycles. The quantitative estimate of drug-likeness (QED) is 0.922. The van der Waals surface area contributed by atoms with Crippen LogP contribution < -0.4 is 9.46 Å². The van der Waals surface area contributed by atoms with E-state index >= 15 is 0 Å². The van der Waals surface area contributed by atoms with E-state index in [1.807, 2.05) is 25.1 Å². The van der Waals surface area contributed by atoms with E-state index in [0.717, 1.165) is 16.5 Å². The van der Waals surface area contributed by atoms with Crippen LogP contribution >= 0.6 is 0 Å². The molecule has 0 spiro atoms. The third-order valence-electron chi connectivity index (χ3n) is 2.80. The zero-order chi connectivity index (χ0) is 14.8. The molecule has 0 aliphatic heterocycles. The molecule has 0 bridgehead atoms. The maximum atomic E-state index is 12.1. The van der Waals surface area contributed by atoms with Crippen LogP contribution in [0.25, 0.3) is 10.8 Å². The van der Waals surface area contributed by atoms with Crippen molar-refractivity contribution in [3.63, 3.8) is 0 Å². The summed E-state index contributed by atoms with van der Waals surface area (Å²) in [4.78, 5) is 0.280. The number of hydrogen-bond acceptors (Lipinski definition) is 3. The van der Waals surface area contributed by atoms with Gasteiger partial charge in [0.1, 0.15) is 5.75 Å². The molecule has 0 saturated carbocycles. The largest absolute Gasteiger partial charge is 0.494 e. The minimum atomic E-state index is -3.45. The fourth-order valence-electron chi connectivity index (χ4n) is 2.00. The van der Waals surface area contributed by atoms with Crippen molar-refractivity contribution in [2.45, 2.75) is 31.7 Å². The maximum Gasteiger partial charge on any atom is 0.240 e. The molecule has 2 rings (SSSR count). The lowest BCUT2D eigenvalue weighted by Gasteiger charge is -2.10. The molecule has 0 aromatic heterocycles. The van der Waals surface area contributed by atoms with Crippen molar-refractivity contribution in [2.75, 3.05) is 6.61 Å². The summed E-state index contributed by atoms with van der Waals surface area (Å²) in [6.45, 7) is 6.13. The Hall–Kier alpha value is -1.59. The van der Waals surface area contributed by atoms with Gasteiger partial charge in [-0.1, -0.05) is 12.1 Å². The molecule has 0 aliphatic carbocycles. The smallest absolute Gasteiger partial charge is 0.240 e. The van der Waals surface area contributed by atoms with Crippen molar-refractivity contribution in [3.05, 3.63) is 36.4 Å². The highest BCUT2D eigenvalue weighted by Gasteiger charge is 2.15. The average molecular weight is 293 g/mol. The fraction of sp³-hybridized carbons (Fsp3) is 0.333. The number of hydrogen-bond donors (Lipinski definition) is 1. The number of sulfonamides is 1. The van der Waals surface area contributed by atoms with Gasteiger partial charge in [-0.3, -0.25) is 0 Å². The molecule has 1 N–H and O–H groups in total. The van der Waals surface area contributed by atoms with Crippen LogP contribution in [-0.4, -0.2) is 21.1 Å². The minimum absolute atomic E-state index is 0.129. The molecule has 20 heavy (non-hydrogen) atoms. The first kappa shape index (κ1) is 14.8. The summed E-state index contributed by atoms with van der Waals surface area (Å²) in [5, 5.41) is 1.83. The van der Waals surface area contributed by atoms with Gasteiger partial charge in [0.05, 0.1) is 11.5 Å². The summed E-state index contributed by atoms with van der Waals surface area (Å²) in [5.41, 5.74) is 0. The maximum absolute atomic E-state index is 12.1. The predicted molar refractivity (Wildman–Crippen MR) is 80.6 cm³/mol. The lowest BCUT2D eigenvalue weighted by molar-refractivity contribution is 0.341. The minimum Gasteiger partial charge on any atom is -0.494 e. The van der Waals surface area contributed by atoms with Gasteiger partial charge >= 0.3 is 0 Å². The first-order valence-corrected chi connectivity index (χ1v) is 8.09. The number of rotatable bonds is 5. The van der Waals surface area contributed by atoms with Gasteiger partial charge in [0.2, 0.25) is 10.0 Å². The van der Waals surface area contributed by atoms with E-state index in [9.17, 15) is 8.42 Å². The second kappa shape index (κ2) is 5.81. The fourth-order valence-corrected chi connectivity index (χ4v) is 3.29. The van der Waals surface area contributed by atoms with Crippen molar-refractivity contribution >= 4 is 20.8 Å². The van der Waals surface area contributed by atoms with Gasteiger partial charge in [0, 0.05) is 6.04 Å². The summed E-state index contributed by atoms with van der Waals surface area (Å²) in [5.74, 6) is 0.788. The van der Waals surface area contributed by atoms with Crippen molar-refractivity contribution < 1.29 is 13.2 Å². The second-order valence-corrected chi connectivity index (χ2v) is 6.59. The Morgan fingerprint density at radius 3 is 2.40 bits per heavy atom. The molecule has 2 aromatic rings. The number of benzene rings is 2. The molecule has 0 amide bonds. The molecule has 5 heteroatoms. The van der Waals surface area contributed by atoms with Crippen LogP contribution in [0.15, 0.2) is 41.3 Å². The Balaban J connectivity index is 2.42. The number of ether oxygens (including phenoxy) is 1. The zero-order valence-corrected chi connectivity index (χ0v) is 12.7. The lowest BCUT2D eigenvalue weighted by Crippen LogP contribution is -2.30. The van der Waals surface area contributed by atoms with E-state index in [1.54, 1.807) is 32.0 Å². The Kier molecular flexibility index (Phi) is 4.30. The van der Waals surface area contributed by atoms with Crippen LogP contribution in [0.5, 0.6) is 5.75 Å². The van der Waals surface area contributed by atoms with Gasteiger partial charge < -0.3 is 4.74 Å². The Bertz CT molecular complexity index is 708. The summed E-state index contributed by atoms with van der Waals surface area (Å²) in [6.07, 6.45) is 0. The highest BCUT2D eigenvalue weighted by molar-refractivity contribution is 7.89. The number of nitrogens with one attached hydrogen (secondary N) is 1. The van der Waals surface area contributed by atoms with Gasteiger partial charge in [-0.2, -0.15) is 0 Å². The Labute approximate surface area is 119 Å². The van der Waals surface area contributed by atoms with E-state index in [4.69, 9.17) is 4.74 Å². The molecule has 0 aliphatic rings. The zero-order valence-electron chi connectivity index (χ0n) is 11.9. The molecule has 0 heterocycles. The van der Waals surface area contributed by atoms with E-state index in [-0.39, 0.29) is 10.9 Å². The Morgan fingerprint density at radius 1 is 1.10 bits per heavy atom. The van der Waals surface area contributed by atoms with Crippen LogP contribution in [0.4, 0.5) is 0 Å². The van der Waals surface area contributed by atoms with Gasteiger partial charge in [-0.15, -0.1) is 0 Å². The van der Waals surface area contributed by atoms with Gasteiger partial charge in [0.25, 0.3) is 0 Å². The highest BCUT2D eigenvalue weighted by atomic mass is 32.2. The third kappa shape index (κ3) is 3.29. The normalized spacial score (nSPS) is 12.0. The van der Waals surface area contributed by atoms with E-state index in [1.165, 1.54) is 0 Å². The van der Waals surface area contributed by atoms with Crippen LogP contribution in [0.2, 0.25) is 0 Å². The molecular formula is C15H19NO3S. The molecule has 4 nitrogen and oxygen atoms in total. The topological polar surface area (TPSA) is 55.4 Å². The summed E-state index contributed by atoms with van der Waals surface area (Å²) < 4.78 is 32.3. The number of fused-ring (bicyclic) bond motifs is 1. The van der Waals surface area contributed by atoms with Crippen LogP contribution in [0, 0.1) is 0 Å². The van der Waals surface area contributed by atoms with Crippen molar-refractivity contribution in [1.29, 1.82) is 0 Å². The van der Waals surface area contributed by atoms with Crippen LogP contribution in [0.3, 0.4) is 0 Å². The lowest BCUT2D eigenvalue weighted by atomic mass is 10.1. The van der Waals surface area contributed by atoms with E-state index in [0.29, 0.717) is 6.61 Å². The van der Waals surface area contributed by atoms with Gasteiger partial charge in [0.15, 0.2) is 0 Å². The molecule has 0 fully saturated rings. The molecule has 2 aromatic carbocycles. The monoisotopic (exact) mass is 293 g/mol. The van der Waals surface area contributed by atoms with Gasteiger partial charge in [-0.05, 0) is 55.8 Å². The molecule has 0 radical (unpaired) electrons. The average Bonchev–Trinajstić information content (AvgIpc) is 2.37. The highest BCUT2D eigenvalue weighted by Crippen LogP contribution is 2.23. The molecular weight excluding hydrogens is 274 g/mol. The molecule has 108 valence electrons. The second-order valence-electron chi connectivity index (χ2n) is 4.88. The van der Waals surface area contributed by atoms with Crippen LogP contribution in [-0.2, 0) is 10.0 Å². The van der Waals surface area contributed by atoms with Gasteiger partial charge in [-0.25, -0.2) is 13.1 Å². The third-order valence-corrected chi connectivity index (χ3v) is 4.45. The van der Waals surface area contributed by atoms with E-state index in [2.05, 4.69) is 4.72 Å².